The molecule has 0 unspecified atom stereocenters. The molecule has 0 N–H and O–H groups in total. The Balaban J connectivity index is 2.43. The van der Waals surface area contributed by atoms with Gasteiger partial charge in [0.1, 0.15) is 11.6 Å². The van der Waals surface area contributed by atoms with Crippen molar-refractivity contribution >= 4 is 33.0 Å². The van der Waals surface area contributed by atoms with Gasteiger partial charge < -0.3 is 0 Å². The summed E-state index contributed by atoms with van der Waals surface area (Å²) in [7, 11) is 0. The molecule has 1 nitrogen and oxygen atoms in total. The fourth-order valence-electron chi connectivity index (χ4n) is 1.38. The Morgan fingerprint density at radius 1 is 1.29 bits per heavy atom. The van der Waals surface area contributed by atoms with Crippen LogP contribution in [0.5, 0.6) is 0 Å². The molecular formula is C12H7BrF2OS. The van der Waals surface area contributed by atoms with E-state index in [0.29, 0.717) is 10.9 Å². The van der Waals surface area contributed by atoms with E-state index in [-0.39, 0.29) is 5.56 Å². The molecular weight excluding hydrogens is 310 g/mol. The Labute approximate surface area is 109 Å². The van der Waals surface area contributed by atoms with Gasteiger partial charge in [0, 0.05) is 6.07 Å². The SMILES string of the molecule is Cc1cc(C(=O)c2ccc(F)cc2F)sc1Br. The number of halogens is 3. The van der Waals surface area contributed by atoms with Gasteiger partial charge in [0.05, 0.1) is 14.2 Å². The molecule has 2 rings (SSSR count). The van der Waals surface area contributed by atoms with E-state index >= 15 is 0 Å². The Morgan fingerprint density at radius 3 is 2.53 bits per heavy atom. The highest BCUT2D eigenvalue weighted by Crippen LogP contribution is 2.29. The zero-order valence-electron chi connectivity index (χ0n) is 8.76. The van der Waals surface area contributed by atoms with Crippen LogP contribution in [0.4, 0.5) is 8.78 Å². The van der Waals surface area contributed by atoms with Gasteiger partial charge >= 0.3 is 0 Å². The highest BCUT2D eigenvalue weighted by molar-refractivity contribution is 9.11. The van der Waals surface area contributed by atoms with Crippen molar-refractivity contribution in [3.05, 3.63) is 55.7 Å². The third-order valence-electron chi connectivity index (χ3n) is 2.26. The summed E-state index contributed by atoms with van der Waals surface area (Å²) in [5, 5.41) is 0. The van der Waals surface area contributed by atoms with Gasteiger partial charge in [0.25, 0.3) is 0 Å². The van der Waals surface area contributed by atoms with E-state index in [1.165, 1.54) is 11.3 Å². The van der Waals surface area contributed by atoms with E-state index in [0.717, 1.165) is 21.5 Å². The molecule has 1 aromatic heterocycles. The Bertz CT molecular complexity index is 573. The summed E-state index contributed by atoms with van der Waals surface area (Å²) in [5.74, 6) is -1.96. The lowest BCUT2D eigenvalue weighted by molar-refractivity contribution is 0.103. The van der Waals surface area contributed by atoms with Crippen molar-refractivity contribution in [2.24, 2.45) is 0 Å². The number of carbonyl (C=O) groups excluding carboxylic acids is 1. The van der Waals surface area contributed by atoms with Crippen LogP contribution in [0.3, 0.4) is 0 Å². The summed E-state index contributed by atoms with van der Waals surface area (Å²) in [4.78, 5) is 12.4. The molecule has 1 aromatic carbocycles. The molecule has 0 aliphatic rings. The predicted molar refractivity (Wildman–Crippen MR) is 66.5 cm³/mol. The lowest BCUT2D eigenvalue weighted by atomic mass is 10.1. The molecule has 0 amide bonds. The van der Waals surface area contributed by atoms with Crippen molar-refractivity contribution in [1.82, 2.24) is 0 Å². The molecule has 0 saturated heterocycles. The van der Waals surface area contributed by atoms with Gasteiger partial charge in [-0.3, -0.25) is 4.79 Å². The molecule has 0 radical (unpaired) electrons. The molecule has 0 aliphatic carbocycles. The van der Waals surface area contributed by atoms with Gasteiger partial charge in [0.2, 0.25) is 5.78 Å². The molecule has 0 saturated carbocycles. The minimum Gasteiger partial charge on any atom is -0.288 e. The lowest BCUT2D eigenvalue weighted by Gasteiger charge is -2.00. The largest absolute Gasteiger partial charge is 0.288 e. The van der Waals surface area contributed by atoms with Crippen LogP contribution in [-0.2, 0) is 0 Å². The first-order valence-electron chi connectivity index (χ1n) is 4.74. The molecule has 0 atom stereocenters. The topological polar surface area (TPSA) is 17.1 Å². The zero-order valence-corrected chi connectivity index (χ0v) is 11.2. The smallest absolute Gasteiger partial charge is 0.205 e. The van der Waals surface area contributed by atoms with Crippen LogP contribution in [0.25, 0.3) is 0 Å². The van der Waals surface area contributed by atoms with Crippen LogP contribution in [0.2, 0.25) is 0 Å². The molecule has 88 valence electrons. The maximum Gasteiger partial charge on any atom is 0.205 e. The van der Waals surface area contributed by atoms with Crippen LogP contribution in [0.15, 0.2) is 28.1 Å². The lowest BCUT2D eigenvalue weighted by Crippen LogP contribution is -2.02. The number of hydrogen-bond acceptors (Lipinski definition) is 2. The second kappa shape index (κ2) is 4.66. The average molecular weight is 317 g/mol. The molecule has 1 heterocycles. The molecule has 17 heavy (non-hydrogen) atoms. The summed E-state index contributed by atoms with van der Waals surface area (Å²) < 4.78 is 27.0. The summed E-state index contributed by atoms with van der Waals surface area (Å²) in [6.45, 7) is 1.85. The maximum atomic E-state index is 13.4. The van der Waals surface area contributed by atoms with E-state index in [9.17, 15) is 13.6 Å². The third kappa shape index (κ3) is 2.45. The summed E-state index contributed by atoms with van der Waals surface area (Å²) in [5.41, 5.74) is 0.806. The normalized spacial score (nSPS) is 10.6. The number of aryl methyl sites for hydroxylation is 1. The van der Waals surface area contributed by atoms with Gasteiger partial charge in [0.15, 0.2) is 0 Å². The Hall–Kier alpha value is -1.07. The van der Waals surface area contributed by atoms with Crippen LogP contribution in [-0.4, -0.2) is 5.78 Å². The van der Waals surface area contributed by atoms with Gasteiger partial charge in [-0.15, -0.1) is 11.3 Å². The van der Waals surface area contributed by atoms with Crippen LogP contribution in [0.1, 0.15) is 20.8 Å². The second-order valence-electron chi connectivity index (χ2n) is 3.52. The van der Waals surface area contributed by atoms with Gasteiger partial charge in [-0.25, -0.2) is 8.78 Å². The number of thiophene rings is 1. The van der Waals surface area contributed by atoms with Crippen LogP contribution < -0.4 is 0 Å². The fraction of sp³-hybridized carbons (Fsp3) is 0.0833. The van der Waals surface area contributed by atoms with Crippen molar-refractivity contribution in [2.75, 3.05) is 0 Å². The molecule has 0 spiro atoms. The van der Waals surface area contributed by atoms with Gasteiger partial charge in [-0.05, 0) is 46.6 Å². The first-order chi connectivity index (χ1) is 7.99. The minimum atomic E-state index is -0.836. The molecule has 0 bridgehead atoms. The van der Waals surface area contributed by atoms with E-state index < -0.39 is 17.4 Å². The monoisotopic (exact) mass is 316 g/mol. The summed E-state index contributed by atoms with van der Waals surface area (Å²) in [6.07, 6.45) is 0. The zero-order chi connectivity index (χ0) is 12.6. The van der Waals surface area contributed by atoms with Crippen molar-refractivity contribution in [2.45, 2.75) is 6.92 Å². The number of ketones is 1. The first kappa shape index (κ1) is 12.4. The number of rotatable bonds is 2. The van der Waals surface area contributed by atoms with Gasteiger partial charge in [-0.1, -0.05) is 0 Å². The Kier molecular flexibility index (Phi) is 3.40. The summed E-state index contributed by atoms with van der Waals surface area (Å²) in [6, 6.07) is 4.63. The Morgan fingerprint density at radius 2 is 2.00 bits per heavy atom. The highest BCUT2D eigenvalue weighted by atomic mass is 79.9. The predicted octanol–water partition coefficient (Wildman–Crippen LogP) is 4.33. The van der Waals surface area contributed by atoms with E-state index in [4.69, 9.17) is 0 Å². The second-order valence-corrected chi connectivity index (χ2v) is 5.89. The fourth-order valence-corrected chi connectivity index (χ4v) is 2.87. The minimum absolute atomic E-state index is 0.111. The number of benzene rings is 1. The van der Waals surface area contributed by atoms with E-state index in [1.807, 2.05) is 6.92 Å². The van der Waals surface area contributed by atoms with Crippen molar-refractivity contribution in [3.8, 4) is 0 Å². The van der Waals surface area contributed by atoms with Gasteiger partial charge in [-0.2, -0.15) is 0 Å². The highest BCUT2D eigenvalue weighted by Gasteiger charge is 2.17. The molecule has 2 aromatic rings. The van der Waals surface area contributed by atoms with E-state index in [2.05, 4.69) is 15.9 Å². The number of hydrogen-bond donors (Lipinski definition) is 0. The summed E-state index contributed by atoms with van der Waals surface area (Å²) >= 11 is 4.54. The van der Waals surface area contributed by atoms with E-state index in [1.54, 1.807) is 6.07 Å². The van der Waals surface area contributed by atoms with Crippen molar-refractivity contribution < 1.29 is 13.6 Å². The molecule has 5 heteroatoms. The standard InChI is InChI=1S/C12H7BrF2OS/c1-6-4-10(17-12(6)13)11(16)8-3-2-7(14)5-9(8)15/h2-5H,1H3. The third-order valence-corrected chi connectivity index (χ3v) is 4.39. The van der Waals surface area contributed by atoms with Crippen molar-refractivity contribution in [3.63, 3.8) is 0 Å². The first-order valence-corrected chi connectivity index (χ1v) is 6.35. The molecule has 0 aliphatic heterocycles. The maximum absolute atomic E-state index is 13.4. The quantitative estimate of drug-likeness (QED) is 0.754. The average Bonchev–Trinajstić information content (AvgIpc) is 2.58. The van der Waals surface area contributed by atoms with Crippen LogP contribution >= 0.6 is 27.3 Å². The molecule has 0 fully saturated rings. The number of carbonyl (C=O) groups is 1. The van der Waals surface area contributed by atoms with Crippen LogP contribution in [0, 0.1) is 18.6 Å². The van der Waals surface area contributed by atoms with Crippen molar-refractivity contribution in [1.29, 1.82) is 0 Å².